The summed E-state index contributed by atoms with van der Waals surface area (Å²) < 4.78 is 0. The Morgan fingerprint density at radius 3 is 2.50 bits per heavy atom. The van der Waals surface area contributed by atoms with Gasteiger partial charge in [-0.3, -0.25) is 9.59 Å². The molecule has 3 rings (SSSR count). The lowest BCUT2D eigenvalue weighted by atomic mass is 10.1. The highest BCUT2D eigenvalue weighted by Gasteiger charge is 2.39. The van der Waals surface area contributed by atoms with E-state index in [2.05, 4.69) is 5.32 Å². The fraction of sp³-hybridized carbons (Fsp3) is 0.500. The largest absolute Gasteiger partial charge is 0.307 e. The molecule has 22 heavy (non-hydrogen) atoms. The van der Waals surface area contributed by atoms with Crippen molar-refractivity contribution in [2.45, 2.75) is 38.1 Å². The number of benzene rings is 1. The average molecular weight is 319 g/mol. The minimum atomic E-state index is -0.0656. The smallest absolute Gasteiger partial charge is 0.241 e. The van der Waals surface area contributed by atoms with E-state index in [-0.39, 0.29) is 29.1 Å². The maximum absolute atomic E-state index is 13.0. The van der Waals surface area contributed by atoms with Crippen LogP contribution in [-0.4, -0.2) is 41.6 Å². The summed E-state index contributed by atoms with van der Waals surface area (Å²) >= 11 is 1.65. The number of anilines is 2. The standard InChI is InChI=1S/C16H21N3O2S/c1-10-8-18(16(21)15-11(2)17-9-22-15)13-6-4-5-7-14(13)19(10)12(3)20/h4-7,10-11,15,17H,8-9H2,1-3H3/t10-,11?,15?/m0/s1. The highest BCUT2D eigenvalue weighted by atomic mass is 32.2. The van der Waals surface area contributed by atoms with Crippen molar-refractivity contribution in [1.29, 1.82) is 0 Å². The molecule has 0 bridgehead atoms. The van der Waals surface area contributed by atoms with E-state index >= 15 is 0 Å². The van der Waals surface area contributed by atoms with Gasteiger partial charge in [0.15, 0.2) is 0 Å². The lowest BCUT2D eigenvalue weighted by Gasteiger charge is -2.41. The van der Waals surface area contributed by atoms with Gasteiger partial charge in [-0.05, 0) is 26.0 Å². The molecule has 2 amide bonds. The van der Waals surface area contributed by atoms with Crippen LogP contribution >= 0.6 is 11.8 Å². The van der Waals surface area contributed by atoms with Gasteiger partial charge in [-0.1, -0.05) is 12.1 Å². The Bertz CT molecular complexity index is 607. The molecule has 1 fully saturated rings. The van der Waals surface area contributed by atoms with Gasteiger partial charge in [-0.15, -0.1) is 11.8 Å². The number of thioether (sulfide) groups is 1. The maximum Gasteiger partial charge on any atom is 0.241 e. The summed E-state index contributed by atoms with van der Waals surface area (Å²) in [4.78, 5) is 28.6. The number of nitrogens with one attached hydrogen (secondary N) is 1. The number of hydrogen-bond donors (Lipinski definition) is 1. The van der Waals surface area contributed by atoms with Crippen molar-refractivity contribution in [3.8, 4) is 0 Å². The van der Waals surface area contributed by atoms with Gasteiger partial charge < -0.3 is 15.1 Å². The number of carbonyl (C=O) groups is 2. The van der Waals surface area contributed by atoms with Gasteiger partial charge in [0.2, 0.25) is 11.8 Å². The van der Waals surface area contributed by atoms with Crippen molar-refractivity contribution >= 4 is 35.0 Å². The summed E-state index contributed by atoms with van der Waals surface area (Å²) in [7, 11) is 0. The molecule has 2 aliphatic rings. The molecule has 1 N–H and O–H groups in total. The SMILES string of the molecule is CC(=O)N1c2ccccc2N(C(=O)C2SCNC2C)C[C@@H]1C. The van der Waals surface area contributed by atoms with Gasteiger partial charge >= 0.3 is 0 Å². The molecule has 1 aromatic carbocycles. The van der Waals surface area contributed by atoms with Crippen LogP contribution in [0.2, 0.25) is 0 Å². The van der Waals surface area contributed by atoms with E-state index in [0.717, 1.165) is 17.3 Å². The third kappa shape index (κ3) is 2.50. The Morgan fingerprint density at radius 2 is 1.91 bits per heavy atom. The van der Waals surface area contributed by atoms with Crippen LogP contribution in [-0.2, 0) is 9.59 Å². The topological polar surface area (TPSA) is 52.7 Å². The van der Waals surface area contributed by atoms with Crippen LogP contribution in [0.4, 0.5) is 11.4 Å². The highest BCUT2D eigenvalue weighted by Crippen LogP contribution is 2.37. The molecule has 0 aromatic heterocycles. The van der Waals surface area contributed by atoms with E-state index in [1.807, 2.05) is 43.0 Å². The van der Waals surface area contributed by atoms with Crippen LogP contribution in [0.3, 0.4) is 0 Å². The lowest BCUT2D eigenvalue weighted by Crippen LogP contribution is -2.54. The van der Waals surface area contributed by atoms with E-state index in [4.69, 9.17) is 0 Å². The van der Waals surface area contributed by atoms with E-state index < -0.39 is 0 Å². The predicted octanol–water partition coefficient (Wildman–Crippen LogP) is 1.83. The predicted molar refractivity (Wildman–Crippen MR) is 90.3 cm³/mol. The second kappa shape index (κ2) is 5.93. The normalized spacial score (nSPS) is 27.7. The third-order valence-corrected chi connectivity index (χ3v) is 5.59. The fourth-order valence-corrected chi connectivity index (χ4v) is 4.42. The average Bonchev–Trinajstić information content (AvgIpc) is 2.91. The Labute approximate surface area is 135 Å². The van der Waals surface area contributed by atoms with Crippen LogP contribution < -0.4 is 15.1 Å². The monoisotopic (exact) mass is 319 g/mol. The van der Waals surface area contributed by atoms with Crippen LogP contribution in [0.1, 0.15) is 20.8 Å². The maximum atomic E-state index is 13.0. The van der Waals surface area contributed by atoms with Crippen molar-refractivity contribution in [2.75, 3.05) is 22.2 Å². The lowest BCUT2D eigenvalue weighted by molar-refractivity contribution is -0.119. The zero-order valence-corrected chi connectivity index (χ0v) is 13.9. The first-order valence-electron chi connectivity index (χ1n) is 7.56. The zero-order chi connectivity index (χ0) is 15.9. The van der Waals surface area contributed by atoms with Crippen LogP contribution in [0, 0.1) is 0 Å². The van der Waals surface area contributed by atoms with Gasteiger partial charge in [0.05, 0.1) is 17.4 Å². The van der Waals surface area contributed by atoms with E-state index in [0.29, 0.717) is 6.54 Å². The number of carbonyl (C=O) groups excluding carboxylic acids is 2. The molecule has 0 radical (unpaired) electrons. The Hall–Kier alpha value is -1.53. The molecule has 2 unspecified atom stereocenters. The number of rotatable bonds is 1. The van der Waals surface area contributed by atoms with Crippen molar-refractivity contribution in [3.05, 3.63) is 24.3 Å². The Morgan fingerprint density at radius 1 is 1.23 bits per heavy atom. The van der Waals surface area contributed by atoms with Gasteiger partial charge in [0.1, 0.15) is 5.25 Å². The first kappa shape index (κ1) is 15.4. The highest BCUT2D eigenvalue weighted by molar-refractivity contribution is 8.00. The number of nitrogens with zero attached hydrogens (tertiary/aromatic N) is 2. The second-order valence-corrected chi connectivity index (χ2v) is 7.03. The molecule has 1 saturated heterocycles. The van der Waals surface area contributed by atoms with E-state index in [1.54, 1.807) is 23.6 Å². The summed E-state index contributed by atoms with van der Waals surface area (Å²) in [6.45, 7) is 6.15. The summed E-state index contributed by atoms with van der Waals surface area (Å²) in [5.41, 5.74) is 1.66. The van der Waals surface area contributed by atoms with Gasteiger partial charge in [0, 0.05) is 25.4 Å². The van der Waals surface area contributed by atoms with Crippen LogP contribution in [0.25, 0.3) is 0 Å². The molecule has 0 aliphatic carbocycles. The third-order valence-electron chi connectivity index (χ3n) is 4.29. The zero-order valence-electron chi connectivity index (χ0n) is 13.1. The number of amides is 2. The molecule has 6 heteroatoms. The number of hydrogen-bond acceptors (Lipinski definition) is 4. The molecular weight excluding hydrogens is 298 g/mol. The van der Waals surface area contributed by atoms with Crippen molar-refractivity contribution in [1.82, 2.24) is 5.32 Å². The van der Waals surface area contributed by atoms with Crippen molar-refractivity contribution in [2.24, 2.45) is 0 Å². The molecule has 118 valence electrons. The Kier molecular flexibility index (Phi) is 4.14. The van der Waals surface area contributed by atoms with Crippen molar-refractivity contribution in [3.63, 3.8) is 0 Å². The summed E-state index contributed by atoms with van der Waals surface area (Å²) in [5.74, 6) is 0.949. The van der Waals surface area contributed by atoms with E-state index in [9.17, 15) is 9.59 Å². The quantitative estimate of drug-likeness (QED) is 0.858. The first-order chi connectivity index (χ1) is 10.5. The molecule has 2 heterocycles. The molecule has 0 saturated carbocycles. The molecule has 2 aliphatic heterocycles. The molecular formula is C16H21N3O2S. The van der Waals surface area contributed by atoms with Crippen LogP contribution in [0.15, 0.2) is 24.3 Å². The van der Waals surface area contributed by atoms with Crippen LogP contribution in [0.5, 0.6) is 0 Å². The molecule has 5 nitrogen and oxygen atoms in total. The van der Waals surface area contributed by atoms with Gasteiger partial charge in [-0.25, -0.2) is 0 Å². The summed E-state index contributed by atoms with van der Waals surface area (Å²) in [6, 6.07) is 7.81. The summed E-state index contributed by atoms with van der Waals surface area (Å²) in [6.07, 6.45) is 0. The number of fused-ring (bicyclic) bond motifs is 1. The number of para-hydroxylation sites is 2. The van der Waals surface area contributed by atoms with Gasteiger partial charge in [-0.2, -0.15) is 0 Å². The first-order valence-corrected chi connectivity index (χ1v) is 8.60. The van der Waals surface area contributed by atoms with Crippen molar-refractivity contribution < 1.29 is 9.59 Å². The van der Waals surface area contributed by atoms with Gasteiger partial charge in [0.25, 0.3) is 0 Å². The summed E-state index contributed by atoms with van der Waals surface area (Å²) in [5, 5.41) is 3.24. The minimum Gasteiger partial charge on any atom is -0.307 e. The molecule has 1 aromatic rings. The fourth-order valence-electron chi connectivity index (χ4n) is 3.23. The van der Waals surface area contributed by atoms with E-state index in [1.165, 1.54) is 0 Å². The molecule has 0 spiro atoms. The molecule has 3 atom stereocenters. The minimum absolute atomic E-state index is 0.0114. The second-order valence-electron chi connectivity index (χ2n) is 5.90. The Balaban J connectivity index is 1.97.